The zero-order chi connectivity index (χ0) is 22.3. The van der Waals surface area contributed by atoms with Gasteiger partial charge in [-0.3, -0.25) is 4.79 Å². The maximum Gasteiger partial charge on any atom is 0.243 e. The van der Waals surface area contributed by atoms with Gasteiger partial charge in [0.25, 0.3) is 0 Å². The minimum atomic E-state index is -0.537. The molecular formula is C23H20ClFN6O. The molecule has 162 valence electrons. The van der Waals surface area contributed by atoms with E-state index in [1.807, 2.05) is 54.6 Å². The summed E-state index contributed by atoms with van der Waals surface area (Å²) in [6.45, 7) is 0.594. The van der Waals surface area contributed by atoms with Crippen molar-refractivity contribution in [2.24, 2.45) is 0 Å². The van der Waals surface area contributed by atoms with Crippen LogP contribution in [0.1, 0.15) is 5.56 Å². The van der Waals surface area contributed by atoms with Gasteiger partial charge in [0, 0.05) is 16.3 Å². The van der Waals surface area contributed by atoms with Crippen molar-refractivity contribution in [2.45, 2.75) is 13.0 Å². The predicted octanol–water partition coefficient (Wildman–Crippen LogP) is 4.43. The summed E-state index contributed by atoms with van der Waals surface area (Å²) in [6.07, 6.45) is 0.736. The highest BCUT2D eigenvalue weighted by Gasteiger charge is 2.08. The molecule has 1 aromatic heterocycles. The first-order valence-electron chi connectivity index (χ1n) is 9.98. The van der Waals surface area contributed by atoms with Crippen molar-refractivity contribution in [2.75, 3.05) is 17.2 Å². The van der Waals surface area contributed by atoms with E-state index in [9.17, 15) is 9.18 Å². The molecule has 0 fully saturated rings. The lowest BCUT2D eigenvalue weighted by Crippen LogP contribution is -2.22. The number of halogens is 2. The summed E-state index contributed by atoms with van der Waals surface area (Å²) in [5.41, 5.74) is 2.85. The first kappa shape index (κ1) is 21.5. The molecular weight excluding hydrogens is 431 g/mol. The average molecular weight is 451 g/mol. The van der Waals surface area contributed by atoms with Crippen LogP contribution in [0, 0.1) is 5.82 Å². The first-order chi connectivity index (χ1) is 15.6. The first-order valence-corrected chi connectivity index (χ1v) is 10.4. The predicted molar refractivity (Wildman–Crippen MR) is 122 cm³/mol. The Morgan fingerprint density at radius 2 is 1.81 bits per heavy atom. The second-order valence-corrected chi connectivity index (χ2v) is 7.48. The number of anilines is 2. The van der Waals surface area contributed by atoms with Crippen LogP contribution in [0.5, 0.6) is 0 Å². The van der Waals surface area contributed by atoms with Crippen molar-refractivity contribution in [3.63, 3.8) is 0 Å². The standard InChI is InChI=1S/C23H20ClFN6O/c24-18-8-11-20(25)21(14-18)27-22(32)15-26-19-9-6-16(7-10-19)12-13-31-29-23(28-30-31)17-4-2-1-3-5-17/h1-11,14,26H,12-13,15H2,(H,27,32). The Bertz CT molecular complexity index is 1200. The van der Waals surface area contributed by atoms with Gasteiger partial charge in [0.05, 0.1) is 18.8 Å². The number of benzene rings is 3. The van der Waals surface area contributed by atoms with E-state index in [2.05, 4.69) is 26.0 Å². The Hall–Kier alpha value is -3.78. The van der Waals surface area contributed by atoms with Gasteiger partial charge in [0.2, 0.25) is 11.7 Å². The number of nitrogens with one attached hydrogen (secondary N) is 2. The molecule has 0 radical (unpaired) electrons. The number of hydrogen-bond donors (Lipinski definition) is 2. The van der Waals surface area contributed by atoms with Crippen LogP contribution in [0.25, 0.3) is 11.4 Å². The van der Waals surface area contributed by atoms with Gasteiger partial charge in [-0.2, -0.15) is 4.80 Å². The molecule has 7 nitrogen and oxygen atoms in total. The fourth-order valence-corrected chi connectivity index (χ4v) is 3.20. The third-order valence-corrected chi connectivity index (χ3v) is 4.93. The molecule has 1 amide bonds. The van der Waals surface area contributed by atoms with Crippen LogP contribution in [0.4, 0.5) is 15.8 Å². The molecule has 4 aromatic rings. The largest absolute Gasteiger partial charge is 0.376 e. The normalized spacial score (nSPS) is 10.7. The number of carbonyl (C=O) groups excluding carboxylic acids is 1. The van der Waals surface area contributed by atoms with E-state index < -0.39 is 5.82 Å². The van der Waals surface area contributed by atoms with Gasteiger partial charge in [-0.05, 0) is 47.5 Å². The maximum atomic E-state index is 13.7. The molecule has 0 atom stereocenters. The van der Waals surface area contributed by atoms with E-state index in [0.717, 1.165) is 23.2 Å². The van der Waals surface area contributed by atoms with E-state index in [4.69, 9.17) is 11.6 Å². The molecule has 0 spiro atoms. The van der Waals surface area contributed by atoms with Crippen LogP contribution >= 0.6 is 11.6 Å². The van der Waals surface area contributed by atoms with Crippen molar-refractivity contribution in [3.8, 4) is 11.4 Å². The zero-order valence-electron chi connectivity index (χ0n) is 17.0. The Kier molecular flexibility index (Phi) is 6.72. The molecule has 1 heterocycles. The lowest BCUT2D eigenvalue weighted by atomic mass is 10.1. The summed E-state index contributed by atoms with van der Waals surface area (Å²) in [6, 6.07) is 21.4. The summed E-state index contributed by atoms with van der Waals surface area (Å²) in [5.74, 6) is -0.312. The summed E-state index contributed by atoms with van der Waals surface area (Å²) in [7, 11) is 0. The minimum Gasteiger partial charge on any atom is -0.376 e. The van der Waals surface area contributed by atoms with E-state index in [1.54, 1.807) is 4.80 Å². The van der Waals surface area contributed by atoms with E-state index >= 15 is 0 Å². The van der Waals surface area contributed by atoms with Crippen molar-refractivity contribution in [1.29, 1.82) is 0 Å². The summed E-state index contributed by atoms with van der Waals surface area (Å²) < 4.78 is 13.7. The number of carbonyl (C=O) groups is 1. The second kappa shape index (κ2) is 10.0. The van der Waals surface area contributed by atoms with E-state index in [1.165, 1.54) is 18.2 Å². The number of aryl methyl sites for hydroxylation is 2. The van der Waals surface area contributed by atoms with Crippen LogP contribution in [-0.4, -0.2) is 32.7 Å². The highest BCUT2D eigenvalue weighted by atomic mass is 35.5. The molecule has 3 aromatic carbocycles. The lowest BCUT2D eigenvalue weighted by Gasteiger charge is -2.09. The summed E-state index contributed by atoms with van der Waals surface area (Å²) >= 11 is 5.84. The van der Waals surface area contributed by atoms with Gasteiger partial charge >= 0.3 is 0 Å². The van der Waals surface area contributed by atoms with Crippen LogP contribution in [0.3, 0.4) is 0 Å². The molecule has 0 aliphatic heterocycles. The molecule has 0 saturated carbocycles. The zero-order valence-corrected chi connectivity index (χ0v) is 17.8. The summed E-state index contributed by atoms with van der Waals surface area (Å²) in [5, 5.41) is 18.5. The van der Waals surface area contributed by atoms with E-state index in [-0.39, 0.29) is 18.1 Å². The van der Waals surface area contributed by atoms with Gasteiger partial charge in [0.15, 0.2) is 0 Å². The van der Waals surface area contributed by atoms with Crippen LogP contribution in [-0.2, 0) is 17.8 Å². The second-order valence-electron chi connectivity index (χ2n) is 7.05. The van der Waals surface area contributed by atoms with Gasteiger partial charge in [0.1, 0.15) is 5.82 Å². The summed E-state index contributed by atoms with van der Waals surface area (Å²) in [4.78, 5) is 13.7. The van der Waals surface area contributed by atoms with Crippen molar-refractivity contribution < 1.29 is 9.18 Å². The Labute approximate surface area is 189 Å². The highest BCUT2D eigenvalue weighted by Crippen LogP contribution is 2.19. The van der Waals surface area contributed by atoms with Crippen molar-refractivity contribution >= 4 is 28.9 Å². The number of aromatic nitrogens is 4. The molecule has 0 saturated heterocycles. The molecule has 0 aliphatic carbocycles. The molecule has 4 rings (SSSR count). The number of nitrogens with zero attached hydrogens (tertiary/aromatic N) is 4. The number of rotatable bonds is 8. The molecule has 0 unspecified atom stereocenters. The van der Waals surface area contributed by atoms with Gasteiger partial charge in [-0.15, -0.1) is 10.2 Å². The highest BCUT2D eigenvalue weighted by molar-refractivity contribution is 6.30. The molecule has 0 bridgehead atoms. The number of tetrazole rings is 1. The molecule has 0 aliphatic rings. The SMILES string of the molecule is O=C(CNc1ccc(CCn2nnc(-c3ccccc3)n2)cc1)Nc1cc(Cl)ccc1F. The minimum absolute atomic E-state index is 0.00353. The maximum absolute atomic E-state index is 13.7. The van der Waals surface area contributed by atoms with Gasteiger partial charge in [-0.25, -0.2) is 4.39 Å². The Morgan fingerprint density at radius 1 is 1.03 bits per heavy atom. The number of amides is 1. The van der Waals surface area contributed by atoms with Crippen LogP contribution < -0.4 is 10.6 Å². The Morgan fingerprint density at radius 3 is 2.59 bits per heavy atom. The van der Waals surface area contributed by atoms with Crippen LogP contribution in [0.15, 0.2) is 72.8 Å². The third kappa shape index (κ3) is 5.67. The molecule has 32 heavy (non-hydrogen) atoms. The van der Waals surface area contributed by atoms with Crippen LogP contribution in [0.2, 0.25) is 5.02 Å². The topological polar surface area (TPSA) is 84.7 Å². The van der Waals surface area contributed by atoms with Crippen molar-refractivity contribution in [1.82, 2.24) is 20.2 Å². The van der Waals surface area contributed by atoms with Crippen molar-refractivity contribution in [3.05, 3.63) is 89.2 Å². The molecule has 9 heteroatoms. The fourth-order valence-electron chi connectivity index (χ4n) is 3.03. The third-order valence-electron chi connectivity index (χ3n) is 4.69. The average Bonchev–Trinajstić information content (AvgIpc) is 3.29. The van der Waals surface area contributed by atoms with E-state index in [0.29, 0.717) is 17.4 Å². The fraction of sp³-hybridized carbons (Fsp3) is 0.130. The molecule has 2 N–H and O–H groups in total. The number of hydrogen-bond acceptors (Lipinski definition) is 5. The monoisotopic (exact) mass is 450 g/mol. The lowest BCUT2D eigenvalue weighted by molar-refractivity contribution is -0.114. The van der Waals surface area contributed by atoms with Gasteiger partial charge in [-0.1, -0.05) is 54.1 Å². The Balaban J connectivity index is 1.26. The van der Waals surface area contributed by atoms with Gasteiger partial charge < -0.3 is 10.6 Å². The quantitative estimate of drug-likeness (QED) is 0.415. The smallest absolute Gasteiger partial charge is 0.243 e.